The molecule has 0 aromatic heterocycles. The van der Waals surface area contributed by atoms with Gasteiger partial charge in [0, 0.05) is 6.42 Å². The summed E-state index contributed by atoms with van der Waals surface area (Å²) in [5, 5.41) is 10.3. The molecule has 0 bridgehead atoms. The maximum absolute atomic E-state index is 11.1. The number of benzene rings is 1. The number of halogens is 2. The lowest BCUT2D eigenvalue weighted by Crippen LogP contribution is -2.20. The van der Waals surface area contributed by atoms with Crippen molar-refractivity contribution < 1.29 is 24.2 Å². The highest BCUT2D eigenvalue weighted by molar-refractivity contribution is 7.50. The zero-order valence-corrected chi connectivity index (χ0v) is 15.6. The average Bonchev–Trinajstić information content (AvgIpc) is 2.42. The molecule has 0 spiro atoms. The van der Waals surface area contributed by atoms with E-state index in [0.717, 1.165) is 5.57 Å². The zero-order valence-electron chi connectivity index (χ0n) is 13.2. The number of ether oxygens (including phenoxy) is 1. The first-order valence-corrected chi connectivity index (χ1v) is 9.91. The Balaban J connectivity index is 2.20. The molecule has 0 aliphatic heterocycles. The monoisotopic (exact) mass is 392 g/mol. The summed E-state index contributed by atoms with van der Waals surface area (Å²) in [5.74, 6) is 0.684. The highest BCUT2D eigenvalue weighted by Gasteiger charge is 2.23. The molecule has 0 radical (unpaired) electrons. The Morgan fingerprint density at radius 2 is 1.88 bits per heavy atom. The van der Waals surface area contributed by atoms with E-state index in [2.05, 4.69) is 0 Å². The first-order valence-electron chi connectivity index (χ1n) is 7.36. The Bertz CT molecular complexity index is 713. The Morgan fingerprint density at radius 3 is 2.38 bits per heavy atom. The molecule has 1 aromatic carbocycles. The molecule has 5 nitrogen and oxygen atoms in total. The molecule has 1 atom stereocenters. The number of aliphatic hydroxyl groups is 1. The Morgan fingerprint density at radius 1 is 1.29 bits per heavy atom. The average molecular weight is 393 g/mol. The molecule has 1 aromatic rings. The van der Waals surface area contributed by atoms with E-state index >= 15 is 0 Å². The van der Waals surface area contributed by atoms with E-state index in [9.17, 15) is 9.67 Å². The molecule has 0 heterocycles. The number of aliphatic hydroxyl groups excluding tert-OH is 1. The van der Waals surface area contributed by atoms with E-state index in [1.165, 1.54) is 12.1 Å². The van der Waals surface area contributed by atoms with E-state index in [4.69, 9.17) is 37.7 Å². The molecule has 1 unspecified atom stereocenters. The first-order chi connectivity index (χ1) is 11.1. The minimum atomic E-state index is -4.21. The van der Waals surface area contributed by atoms with Gasteiger partial charge in [0.15, 0.2) is 5.75 Å². The maximum Gasteiger partial charge on any atom is 0.329 e. The van der Waals surface area contributed by atoms with Crippen LogP contribution in [0.3, 0.4) is 0 Å². The lowest BCUT2D eigenvalue weighted by molar-refractivity contribution is 0.237. The molecule has 8 heteroatoms. The SMILES string of the molecule is CC(C)C1=C(O)C=CC(Oc2c(Cl)cc(CP(=O)(O)O)cc2Cl)C1. The zero-order chi connectivity index (χ0) is 18.1. The van der Waals surface area contributed by atoms with Crippen LogP contribution < -0.4 is 4.74 Å². The summed E-state index contributed by atoms with van der Waals surface area (Å²) < 4.78 is 16.9. The highest BCUT2D eigenvalue weighted by atomic mass is 35.5. The van der Waals surface area contributed by atoms with Crippen LogP contribution in [0.4, 0.5) is 0 Å². The van der Waals surface area contributed by atoms with Crippen LogP contribution >= 0.6 is 30.8 Å². The molecular weight excluding hydrogens is 374 g/mol. The van der Waals surface area contributed by atoms with Crippen molar-refractivity contribution in [1.29, 1.82) is 0 Å². The first kappa shape index (κ1) is 19.4. The lowest BCUT2D eigenvalue weighted by atomic mass is 9.92. The molecule has 0 saturated carbocycles. The van der Waals surface area contributed by atoms with Gasteiger partial charge in [0.1, 0.15) is 11.9 Å². The smallest absolute Gasteiger partial charge is 0.329 e. The van der Waals surface area contributed by atoms with Crippen molar-refractivity contribution in [3.63, 3.8) is 0 Å². The molecule has 3 N–H and O–H groups in total. The molecule has 0 amide bonds. The van der Waals surface area contributed by atoms with E-state index in [1.807, 2.05) is 13.8 Å². The van der Waals surface area contributed by atoms with Crippen LogP contribution in [-0.2, 0) is 10.7 Å². The third-order valence-corrected chi connectivity index (χ3v) is 4.97. The fourth-order valence-corrected chi connectivity index (χ4v) is 3.79. The van der Waals surface area contributed by atoms with Gasteiger partial charge in [-0.3, -0.25) is 4.57 Å². The summed E-state index contributed by atoms with van der Waals surface area (Å²) in [6.45, 7) is 3.97. The molecule has 24 heavy (non-hydrogen) atoms. The summed E-state index contributed by atoms with van der Waals surface area (Å²) in [6, 6.07) is 2.87. The lowest BCUT2D eigenvalue weighted by Gasteiger charge is -2.24. The van der Waals surface area contributed by atoms with Crippen molar-refractivity contribution in [3.8, 4) is 5.75 Å². The molecule has 2 rings (SSSR count). The predicted octanol–water partition coefficient (Wildman–Crippen LogP) is 4.85. The largest absolute Gasteiger partial charge is 0.508 e. The van der Waals surface area contributed by atoms with Gasteiger partial charge in [-0.15, -0.1) is 0 Å². The maximum atomic E-state index is 11.1. The van der Waals surface area contributed by atoms with Crippen molar-refractivity contribution in [1.82, 2.24) is 0 Å². The molecule has 1 aliphatic carbocycles. The second-order valence-corrected chi connectivity index (χ2v) is 8.46. The van der Waals surface area contributed by atoms with Crippen molar-refractivity contribution in [2.24, 2.45) is 5.92 Å². The van der Waals surface area contributed by atoms with Gasteiger partial charge in [-0.25, -0.2) is 0 Å². The topological polar surface area (TPSA) is 87.0 Å². The number of allylic oxidation sites excluding steroid dienone is 1. The second-order valence-electron chi connectivity index (χ2n) is 6.00. The van der Waals surface area contributed by atoms with Gasteiger partial charge in [-0.05, 0) is 41.3 Å². The molecule has 132 valence electrons. The summed E-state index contributed by atoms with van der Waals surface area (Å²) in [6.07, 6.45) is 3.05. The van der Waals surface area contributed by atoms with Crippen LogP contribution in [0.1, 0.15) is 25.8 Å². The summed E-state index contributed by atoms with van der Waals surface area (Å²) >= 11 is 12.3. The third-order valence-electron chi connectivity index (χ3n) is 3.63. The van der Waals surface area contributed by atoms with Crippen molar-refractivity contribution in [2.75, 3.05) is 0 Å². The van der Waals surface area contributed by atoms with E-state index in [-0.39, 0.29) is 33.6 Å². The van der Waals surface area contributed by atoms with Crippen molar-refractivity contribution in [3.05, 3.63) is 51.2 Å². The second kappa shape index (κ2) is 7.51. The van der Waals surface area contributed by atoms with Crippen molar-refractivity contribution in [2.45, 2.75) is 32.5 Å². The van der Waals surface area contributed by atoms with Crippen LogP contribution in [0.15, 0.2) is 35.6 Å². The van der Waals surface area contributed by atoms with E-state index in [0.29, 0.717) is 12.0 Å². The van der Waals surface area contributed by atoms with E-state index in [1.54, 1.807) is 12.2 Å². The molecule has 0 saturated heterocycles. The van der Waals surface area contributed by atoms with Crippen LogP contribution in [0, 0.1) is 5.92 Å². The van der Waals surface area contributed by atoms with Gasteiger partial charge >= 0.3 is 7.60 Å². The summed E-state index contributed by atoms with van der Waals surface area (Å²) in [7, 11) is -4.21. The van der Waals surface area contributed by atoms with E-state index < -0.39 is 13.8 Å². The number of rotatable bonds is 5. The van der Waals surface area contributed by atoms with Gasteiger partial charge in [-0.1, -0.05) is 37.0 Å². The quantitative estimate of drug-likeness (QED) is 0.623. The summed E-state index contributed by atoms with van der Waals surface area (Å²) in [5.41, 5.74) is 1.22. The van der Waals surface area contributed by atoms with Gasteiger partial charge < -0.3 is 19.6 Å². The predicted molar refractivity (Wildman–Crippen MR) is 94.9 cm³/mol. The van der Waals surface area contributed by atoms with Crippen LogP contribution in [0.25, 0.3) is 0 Å². The van der Waals surface area contributed by atoms with Crippen LogP contribution in [-0.4, -0.2) is 21.0 Å². The van der Waals surface area contributed by atoms with Gasteiger partial charge in [0.25, 0.3) is 0 Å². The third kappa shape index (κ3) is 5.01. The summed E-state index contributed by atoms with van der Waals surface area (Å²) in [4.78, 5) is 18.1. The van der Waals surface area contributed by atoms with Gasteiger partial charge in [-0.2, -0.15) is 0 Å². The Labute approximate surface area is 150 Å². The molecule has 0 fully saturated rings. The number of hydrogen-bond donors (Lipinski definition) is 3. The van der Waals surface area contributed by atoms with Crippen molar-refractivity contribution >= 4 is 30.8 Å². The number of hydrogen-bond acceptors (Lipinski definition) is 3. The molecule has 1 aliphatic rings. The fourth-order valence-electron chi connectivity index (χ4n) is 2.51. The fraction of sp³-hybridized carbons (Fsp3) is 0.375. The normalized spacial score (nSPS) is 18.4. The highest BCUT2D eigenvalue weighted by Crippen LogP contribution is 2.43. The van der Waals surface area contributed by atoms with Crippen LogP contribution in [0.5, 0.6) is 5.75 Å². The molecular formula is C16H19Cl2O5P. The van der Waals surface area contributed by atoms with Gasteiger partial charge in [0.2, 0.25) is 0 Å². The van der Waals surface area contributed by atoms with Gasteiger partial charge in [0.05, 0.1) is 16.2 Å². The minimum absolute atomic E-state index is 0.178. The minimum Gasteiger partial charge on any atom is -0.508 e. The Hall–Kier alpha value is -0.970. The standard InChI is InChI=1S/C16H19Cl2O5P/c1-9(2)12-7-11(3-4-15(12)19)23-16-13(17)5-10(6-14(16)18)8-24(20,21)22/h3-6,9,11,19H,7-8H2,1-2H3,(H2,20,21,22). The van der Waals surface area contributed by atoms with Crippen LogP contribution in [0.2, 0.25) is 10.0 Å². The Kier molecular flexibility index (Phi) is 6.05.